The minimum Gasteiger partial charge on any atom is -0.493 e. The molecule has 0 radical (unpaired) electrons. The minimum atomic E-state index is -0.434. The maximum Gasteiger partial charge on any atom is 0.251 e. The third kappa shape index (κ3) is 5.45. The molecule has 2 aromatic rings. The van der Waals surface area contributed by atoms with Crippen molar-refractivity contribution in [3.8, 4) is 11.5 Å². The molecule has 0 aliphatic carbocycles. The Labute approximate surface area is 171 Å². The molecule has 150 valence electrons. The molecule has 0 unspecified atom stereocenters. The lowest BCUT2D eigenvalue weighted by Crippen LogP contribution is -2.34. The predicted molar refractivity (Wildman–Crippen MR) is 108 cm³/mol. The average Bonchev–Trinajstić information content (AvgIpc) is 2.68. The molecule has 0 saturated heterocycles. The first kappa shape index (κ1) is 21.7. The number of aryl methyl sites for hydroxylation is 1. The fourth-order valence-electron chi connectivity index (χ4n) is 2.43. The van der Waals surface area contributed by atoms with Gasteiger partial charge in [0.2, 0.25) is 0 Å². The van der Waals surface area contributed by atoms with Crippen molar-refractivity contribution in [1.29, 1.82) is 0 Å². The van der Waals surface area contributed by atoms with Gasteiger partial charge in [-0.1, -0.05) is 6.07 Å². The van der Waals surface area contributed by atoms with Gasteiger partial charge in [-0.25, -0.2) is 4.39 Å². The van der Waals surface area contributed by atoms with Crippen LogP contribution in [0.5, 0.6) is 11.5 Å². The van der Waals surface area contributed by atoms with Crippen LogP contribution >= 0.6 is 15.9 Å². The SMILES string of the molecule is CCOc1c(Br)cc(C(=O)NCCNC(=O)c2ccc(C)c(F)c2)cc1OC. The molecular weight excluding hydrogens is 431 g/mol. The quantitative estimate of drug-likeness (QED) is 0.601. The van der Waals surface area contributed by atoms with Crippen LogP contribution < -0.4 is 20.1 Å². The van der Waals surface area contributed by atoms with Crippen molar-refractivity contribution in [2.45, 2.75) is 13.8 Å². The predicted octanol–water partition coefficient (Wildman–Crippen LogP) is 3.46. The van der Waals surface area contributed by atoms with Crippen molar-refractivity contribution in [3.05, 3.63) is 57.3 Å². The van der Waals surface area contributed by atoms with E-state index in [1.165, 1.54) is 13.2 Å². The summed E-state index contributed by atoms with van der Waals surface area (Å²) in [6.07, 6.45) is 0. The number of nitrogens with one attached hydrogen (secondary N) is 2. The molecule has 0 spiro atoms. The summed E-state index contributed by atoms with van der Waals surface area (Å²) >= 11 is 3.37. The monoisotopic (exact) mass is 452 g/mol. The molecule has 0 aliphatic rings. The third-order valence-electron chi connectivity index (χ3n) is 3.91. The van der Waals surface area contributed by atoms with Crippen molar-refractivity contribution < 1.29 is 23.5 Å². The van der Waals surface area contributed by atoms with E-state index in [0.29, 0.717) is 33.7 Å². The Balaban J connectivity index is 1.91. The van der Waals surface area contributed by atoms with Crippen LogP contribution in [-0.4, -0.2) is 38.6 Å². The van der Waals surface area contributed by atoms with Gasteiger partial charge in [0, 0.05) is 24.2 Å². The van der Waals surface area contributed by atoms with Crippen LogP contribution in [-0.2, 0) is 0 Å². The van der Waals surface area contributed by atoms with Gasteiger partial charge in [-0.05, 0) is 59.6 Å². The average molecular weight is 453 g/mol. The normalized spacial score (nSPS) is 10.3. The molecule has 0 heterocycles. The number of halogens is 2. The molecule has 2 rings (SSSR count). The molecule has 6 nitrogen and oxygen atoms in total. The van der Waals surface area contributed by atoms with Gasteiger partial charge in [0.1, 0.15) is 5.82 Å². The van der Waals surface area contributed by atoms with Gasteiger partial charge in [-0.3, -0.25) is 9.59 Å². The second-order valence-electron chi connectivity index (χ2n) is 5.90. The van der Waals surface area contributed by atoms with E-state index in [1.54, 1.807) is 31.2 Å². The van der Waals surface area contributed by atoms with Gasteiger partial charge in [0.15, 0.2) is 11.5 Å². The van der Waals surface area contributed by atoms with E-state index < -0.39 is 11.7 Å². The summed E-state index contributed by atoms with van der Waals surface area (Å²) in [5.74, 6) is -0.192. The maximum absolute atomic E-state index is 13.5. The molecule has 0 bridgehead atoms. The van der Waals surface area contributed by atoms with Crippen LogP contribution in [0, 0.1) is 12.7 Å². The highest BCUT2D eigenvalue weighted by atomic mass is 79.9. The van der Waals surface area contributed by atoms with Crippen LogP contribution in [0.2, 0.25) is 0 Å². The van der Waals surface area contributed by atoms with Gasteiger partial charge >= 0.3 is 0 Å². The number of rotatable bonds is 8. The number of benzene rings is 2. The summed E-state index contributed by atoms with van der Waals surface area (Å²) in [4.78, 5) is 24.4. The Hall–Kier alpha value is -2.61. The molecule has 2 aromatic carbocycles. The second-order valence-corrected chi connectivity index (χ2v) is 6.75. The van der Waals surface area contributed by atoms with E-state index in [2.05, 4.69) is 26.6 Å². The van der Waals surface area contributed by atoms with Gasteiger partial charge in [-0.2, -0.15) is 0 Å². The van der Waals surface area contributed by atoms with Crippen LogP contribution in [0.4, 0.5) is 4.39 Å². The fraction of sp³-hybridized carbons (Fsp3) is 0.300. The lowest BCUT2D eigenvalue weighted by molar-refractivity contribution is 0.0927. The van der Waals surface area contributed by atoms with E-state index >= 15 is 0 Å². The van der Waals surface area contributed by atoms with Gasteiger partial charge in [0.05, 0.1) is 18.2 Å². The standard InChI is InChI=1S/C20H22BrFN2O4/c1-4-28-18-15(21)9-14(11-17(18)27-3)20(26)24-8-7-23-19(25)13-6-5-12(2)16(22)10-13/h5-6,9-11H,4,7-8H2,1-3H3,(H,23,25)(H,24,26). The minimum absolute atomic E-state index is 0.204. The van der Waals surface area contributed by atoms with E-state index in [-0.39, 0.29) is 24.6 Å². The largest absolute Gasteiger partial charge is 0.493 e. The first-order chi connectivity index (χ1) is 13.4. The Morgan fingerprint density at radius 3 is 2.29 bits per heavy atom. The molecule has 0 aromatic heterocycles. The Morgan fingerprint density at radius 2 is 1.71 bits per heavy atom. The van der Waals surface area contributed by atoms with Crippen LogP contribution in [0.3, 0.4) is 0 Å². The smallest absolute Gasteiger partial charge is 0.251 e. The first-order valence-electron chi connectivity index (χ1n) is 8.70. The lowest BCUT2D eigenvalue weighted by Gasteiger charge is -2.13. The summed E-state index contributed by atoms with van der Waals surface area (Å²) < 4.78 is 24.9. The fourth-order valence-corrected chi connectivity index (χ4v) is 2.98. The highest BCUT2D eigenvalue weighted by molar-refractivity contribution is 9.10. The summed E-state index contributed by atoms with van der Waals surface area (Å²) in [5, 5.41) is 5.35. The second kappa shape index (κ2) is 10.1. The molecule has 0 atom stereocenters. The molecule has 28 heavy (non-hydrogen) atoms. The lowest BCUT2D eigenvalue weighted by atomic mass is 10.1. The number of ether oxygens (including phenoxy) is 2. The van der Waals surface area contributed by atoms with Crippen LogP contribution in [0.1, 0.15) is 33.2 Å². The van der Waals surface area contributed by atoms with E-state index in [0.717, 1.165) is 0 Å². The molecule has 0 fully saturated rings. The van der Waals surface area contributed by atoms with E-state index in [9.17, 15) is 14.0 Å². The molecule has 8 heteroatoms. The molecule has 0 saturated carbocycles. The van der Waals surface area contributed by atoms with Gasteiger partial charge in [-0.15, -0.1) is 0 Å². The Morgan fingerprint density at radius 1 is 1.07 bits per heavy atom. The topological polar surface area (TPSA) is 76.7 Å². The highest BCUT2D eigenvalue weighted by Crippen LogP contribution is 2.36. The zero-order valence-electron chi connectivity index (χ0n) is 15.9. The Bertz CT molecular complexity index is 874. The van der Waals surface area contributed by atoms with Crippen molar-refractivity contribution >= 4 is 27.7 Å². The molecule has 2 amide bonds. The summed E-state index contributed by atoms with van der Waals surface area (Å²) in [6, 6.07) is 7.50. The zero-order valence-corrected chi connectivity index (χ0v) is 17.5. The van der Waals surface area contributed by atoms with Crippen LogP contribution in [0.15, 0.2) is 34.8 Å². The van der Waals surface area contributed by atoms with E-state index in [1.807, 2.05) is 6.92 Å². The summed E-state index contributed by atoms with van der Waals surface area (Å²) in [6.45, 7) is 4.36. The van der Waals surface area contributed by atoms with Crippen LogP contribution in [0.25, 0.3) is 0 Å². The number of carbonyl (C=O) groups is 2. The van der Waals surface area contributed by atoms with Crippen molar-refractivity contribution in [3.63, 3.8) is 0 Å². The number of carbonyl (C=O) groups excluding carboxylic acids is 2. The molecular formula is C20H22BrFN2O4. The highest BCUT2D eigenvalue weighted by Gasteiger charge is 2.15. The Kier molecular flexibility index (Phi) is 7.80. The summed E-state index contributed by atoms with van der Waals surface area (Å²) in [7, 11) is 1.50. The number of hydrogen-bond donors (Lipinski definition) is 2. The number of methoxy groups -OCH3 is 1. The van der Waals surface area contributed by atoms with E-state index in [4.69, 9.17) is 9.47 Å². The third-order valence-corrected chi connectivity index (χ3v) is 4.50. The van der Waals surface area contributed by atoms with Crippen molar-refractivity contribution in [2.24, 2.45) is 0 Å². The number of hydrogen-bond acceptors (Lipinski definition) is 4. The first-order valence-corrected chi connectivity index (χ1v) is 9.49. The molecule has 0 aliphatic heterocycles. The van der Waals surface area contributed by atoms with Gasteiger partial charge in [0.25, 0.3) is 11.8 Å². The summed E-state index contributed by atoms with van der Waals surface area (Å²) in [5.41, 5.74) is 1.09. The van der Waals surface area contributed by atoms with Crippen molar-refractivity contribution in [2.75, 3.05) is 26.8 Å². The van der Waals surface area contributed by atoms with Crippen molar-refractivity contribution in [1.82, 2.24) is 10.6 Å². The van der Waals surface area contributed by atoms with Gasteiger partial charge < -0.3 is 20.1 Å². The molecule has 2 N–H and O–H groups in total. The number of amides is 2. The maximum atomic E-state index is 13.5. The zero-order chi connectivity index (χ0) is 20.7.